The molecule has 0 spiro atoms. The lowest BCUT2D eigenvalue weighted by Crippen LogP contribution is -2.42. The van der Waals surface area contributed by atoms with Crippen LogP contribution in [0.4, 0.5) is 13.2 Å². The predicted octanol–water partition coefficient (Wildman–Crippen LogP) is 0.562. The van der Waals surface area contributed by atoms with Crippen molar-refractivity contribution >= 4 is 11.9 Å². The van der Waals surface area contributed by atoms with E-state index in [2.05, 4.69) is 20.9 Å². The minimum absolute atomic E-state index is 0.0857. The minimum Gasteiger partial charge on any atom is -0.357 e. The molecule has 0 aromatic rings. The number of guanidine groups is 1. The van der Waals surface area contributed by atoms with Crippen molar-refractivity contribution in [1.82, 2.24) is 20.9 Å². The minimum atomic E-state index is -4.19. The first kappa shape index (κ1) is 19.5. The number of hydrogen-bond acceptors (Lipinski definition) is 3. The lowest BCUT2D eigenvalue weighted by Gasteiger charge is -2.18. The molecule has 0 bridgehead atoms. The maximum Gasteiger partial charge on any atom is 0.401 e. The van der Waals surface area contributed by atoms with E-state index >= 15 is 0 Å². The third kappa shape index (κ3) is 9.98. The molecule has 0 saturated heterocycles. The molecule has 0 unspecified atom stereocenters. The number of carbonyl (C=O) groups is 1. The lowest BCUT2D eigenvalue weighted by atomic mass is 10.4. The maximum absolute atomic E-state index is 12.2. The molecule has 1 aliphatic rings. The van der Waals surface area contributed by atoms with Crippen molar-refractivity contribution < 1.29 is 18.0 Å². The molecule has 134 valence electrons. The molecular weight excluding hydrogens is 311 g/mol. The summed E-state index contributed by atoms with van der Waals surface area (Å²) in [5.41, 5.74) is 0. The number of rotatable bonds is 9. The fraction of sp³-hybridized carbons (Fsp3) is 0.857. The van der Waals surface area contributed by atoms with Crippen LogP contribution in [0.25, 0.3) is 0 Å². The zero-order chi connectivity index (χ0) is 17.3. The van der Waals surface area contributed by atoms with Crippen molar-refractivity contribution in [2.45, 2.75) is 25.9 Å². The number of alkyl halides is 3. The largest absolute Gasteiger partial charge is 0.401 e. The van der Waals surface area contributed by atoms with Gasteiger partial charge < -0.3 is 16.0 Å². The van der Waals surface area contributed by atoms with Gasteiger partial charge in [-0.05, 0) is 26.8 Å². The number of hydrogen-bond donors (Lipinski definition) is 3. The topological polar surface area (TPSA) is 68.8 Å². The highest BCUT2D eigenvalue weighted by Gasteiger charge is 2.29. The average Bonchev–Trinajstić information content (AvgIpc) is 3.25. The molecule has 0 aromatic carbocycles. The highest BCUT2D eigenvalue weighted by Crippen LogP contribution is 2.28. The standard InChI is InChI=1S/C14H26F3N5O/c1-3-18-13(20-7-6-19-12(23)11-4-5-11)21-8-9-22(2)10-14(15,16)17/h11H,3-10H2,1-2H3,(H,19,23)(H2,18,20,21). The summed E-state index contributed by atoms with van der Waals surface area (Å²) in [4.78, 5) is 16.9. The summed E-state index contributed by atoms with van der Waals surface area (Å²) in [5, 5.41) is 8.88. The van der Waals surface area contributed by atoms with Crippen LogP contribution >= 0.6 is 0 Å². The van der Waals surface area contributed by atoms with Crippen molar-refractivity contribution in [2.75, 3.05) is 46.3 Å². The molecule has 6 nitrogen and oxygen atoms in total. The molecule has 0 radical (unpaired) electrons. The zero-order valence-corrected chi connectivity index (χ0v) is 13.7. The summed E-state index contributed by atoms with van der Waals surface area (Å²) in [5.74, 6) is 0.803. The van der Waals surface area contributed by atoms with Gasteiger partial charge in [0.15, 0.2) is 5.96 Å². The summed E-state index contributed by atoms with van der Waals surface area (Å²) in [6.45, 7) is 3.10. The van der Waals surface area contributed by atoms with Gasteiger partial charge in [-0.25, -0.2) is 0 Å². The maximum atomic E-state index is 12.2. The smallest absolute Gasteiger partial charge is 0.357 e. The summed E-state index contributed by atoms with van der Waals surface area (Å²) in [7, 11) is 1.41. The van der Waals surface area contributed by atoms with Gasteiger partial charge in [0, 0.05) is 32.1 Å². The van der Waals surface area contributed by atoms with E-state index in [1.54, 1.807) is 0 Å². The highest BCUT2D eigenvalue weighted by molar-refractivity contribution is 5.81. The van der Waals surface area contributed by atoms with E-state index in [0.29, 0.717) is 25.6 Å². The summed E-state index contributed by atoms with van der Waals surface area (Å²) in [6.07, 6.45) is -2.26. The normalized spacial score (nSPS) is 15.7. The molecule has 0 atom stereocenters. The SMILES string of the molecule is CCNC(=NCCN(C)CC(F)(F)F)NCCNC(=O)C1CC1. The number of likely N-dealkylation sites (N-methyl/N-ethyl adjacent to an activating group) is 1. The molecular formula is C14H26F3N5O. The molecule has 1 fully saturated rings. The molecule has 3 N–H and O–H groups in total. The summed E-state index contributed by atoms with van der Waals surface area (Å²) in [6, 6.07) is 0. The van der Waals surface area contributed by atoms with Crippen molar-refractivity contribution in [3.63, 3.8) is 0 Å². The quantitative estimate of drug-likeness (QED) is 0.327. The van der Waals surface area contributed by atoms with Crippen LogP contribution in [0.5, 0.6) is 0 Å². The molecule has 0 aliphatic heterocycles. The van der Waals surface area contributed by atoms with E-state index in [1.165, 1.54) is 11.9 Å². The van der Waals surface area contributed by atoms with E-state index in [0.717, 1.165) is 12.8 Å². The van der Waals surface area contributed by atoms with Crippen LogP contribution < -0.4 is 16.0 Å². The van der Waals surface area contributed by atoms with Crippen LogP contribution in [0, 0.1) is 5.92 Å². The first-order valence-corrected chi connectivity index (χ1v) is 7.87. The van der Waals surface area contributed by atoms with Crippen molar-refractivity contribution in [2.24, 2.45) is 10.9 Å². The number of carbonyl (C=O) groups excluding carboxylic acids is 1. The molecule has 0 heterocycles. The van der Waals surface area contributed by atoms with E-state index in [1.807, 2.05) is 6.92 Å². The van der Waals surface area contributed by atoms with Gasteiger partial charge in [-0.3, -0.25) is 14.7 Å². The van der Waals surface area contributed by atoms with E-state index in [-0.39, 0.29) is 24.9 Å². The van der Waals surface area contributed by atoms with Gasteiger partial charge in [0.05, 0.1) is 13.1 Å². The van der Waals surface area contributed by atoms with Crippen molar-refractivity contribution in [3.05, 3.63) is 0 Å². The second kappa shape index (κ2) is 9.59. The van der Waals surface area contributed by atoms with Crippen LogP contribution in [0.1, 0.15) is 19.8 Å². The second-order valence-electron chi connectivity index (χ2n) is 5.61. The third-order valence-electron chi connectivity index (χ3n) is 3.21. The first-order chi connectivity index (χ1) is 10.8. The predicted molar refractivity (Wildman–Crippen MR) is 83.3 cm³/mol. The Hall–Kier alpha value is -1.51. The van der Waals surface area contributed by atoms with Crippen LogP contribution in [0.2, 0.25) is 0 Å². The summed E-state index contributed by atoms with van der Waals surface area (Å²) >= 11 is 0. The molecule has 23 heavy (non-hydrogen) atoms. The Kier molecular flexibility index (Phi) is 8.15. The molecule has 1 aliphatic carbocycles. The van der Waals surface area contributed by atoms with Gasteiger partial charge in [-0.15, -0.1) is 0 Å². The second-order valence-corrected chi connectivity index (χ2v) is 5.61. The number of amides is 1. The molecule has 1 saturated carbocycles. The number of nitrogens with zero attached hydrogens (tertiary/aromatic N) is 2. The summed E-state index contributed by atoms with van der Waals surface area (Å²) < 4.78 is 36.6. The molecule has 0 aromatic heterocycles. The van der Waals surface area contributed by atoms with Crippen LogP contribution in [-0.4, -0.2) is 69.3 Å². The van der Waals surface area contributed by atoms with Gasteiger partial charge in [-0.2, -0.15) is 13.2 Å². The molecule has 1 rings (SSSR count). The van der Waals surface area contributed by atoms with Gasteiger partial charge in [-0.1, -0.05) is 0 Å². The first-order valence-electron chi connectivity index (χ1n) is 7.87. The van der Waals surface area contributed by atoms with Gasteiger partial charge >= 0.3 is 6.18 Å². The number of nitrogens with one attached hydrogen (secondary N) is 3. The Balaban J connectivity index is 2.22. The third-order valence-corrected chi connectivity index (χ3v) is 3.21. The van der Waals surface area contributed by atoms with E-state index < -0.39 is 12.7 Å². The number of halogens is 3. The van der Waals surface area contributed by atoms with Gasteiger partial charge in [0.2, 0.25) is 5.91 Å². The molecule has 9 heteroatoms. The Bertz CT molecular complexity index is 396. The van der Waals surface area contributed by atoms with Gasteiger partial charge in [0.25, 0.3) is 0 Å². The van der Waals surface area contributed by atoms with E-state index in [4.69, 9.17) is 0 Å². The fourth-order valence-electron chi connectivity index (χ4n) is 1.92. The van der Waals surface area contributed by atoms with Crippen LogP contribution in [-0.2, 0) is 4.79 Å². The Morgan fingerprint density at radius 1 is 1.22 bits per heavy atom. The Morgan fingerprint density at radius 2 is 1.87 bits per heavy atom. The zero-order valence-electron chi connectivity index (χ0n) is 13.7. The van der Waals surface area contributed by atoms with Crippen molar-refractivity contribution in [1.29, 1.82) is 0 Å². The Morgan fingerprint density at radius 3 is 2.43 bits per heavy atom. The lowest BCUT2D eigenvalue weighted by molar-refractivity contribution is -0.142. The Labute approximate surface area is 134 Å². The van der Waals surface area contributed by atoms with Crippen LogP contribution in [0.3, 0.4) is 0 Å². The fourth-order valence-corrected chi connectivity index (χ4v) is 1.92. The monoisotopic (exact) mass is 337 g/mol. The highest BCUT2D eigenvalue weighted by atomic mass is 19.4. The van der Waals surface area contributed by atoms with E-state index in [9.17, 15) is 18.0 Å². The van der Waals surface area contributed by atoms with Crippen LogP contribution in [0.15, 0.2) is 4.99 Å². The molecule has 1 amide bonds. The van der Waals surface area contributed by atoms with Gasteiger partial charge in [0.1, 0.15) is 0 Å². The number of aliphatic imine (C=N–C) groups is 1. The average molecular weight is 337 g/mol. The van der Waals surface area contributed by atoms with Crippen molar-refractivity contribution in [3.8, 4) is 0 Å².